The van der Waals surface area contributed by atoms with Crippen LogP contribution in [0.15, 0.2) is 59.5 Å². The first-order valence-corrected chi connectivity index (χ1v) is 9.25. The molecule has 138 valence electrons. The molecule has 0 aliphatic rings. The fraction of sp³-hybridized carbons (Fsp3) is 0. The maximum atomic E-state index is 13.1. The van der Waals surface area contributed by atoms with E-state index in [9.17, 15) is 27.0 Å². The average molecular weight is 408 g/mol. The van der Waals surface area contributed by atoms with E-state index in [1.165, 1.54) is 24.3 Å². The van der Waals surface area contributed by atoms with Gasteiger partial charge in [-0.2, -0.15) is 8.42 Å². The number of benzene rings is 3. The number of fused-ring (bicyclic) bond motifs is 1. The van der Waals surface area contributed by atoms with Gasteiger partial charge in [0.2, 0.25) is 0 Å². The van der Waals surface area contributed by atoms with Gasteiger partial charge in [0.1, 0.15) is 5.75 Å². The van der Waals surface area contributed by atoms with Gasteiger partial charge < -0.3 is 10.4 Å². The summed E-state index contributed by atoms with van der Waals surface area (Å²) in [7, 11) is -4.94. The van der Waals surface area contributed by atoms with E-state index in [0.29, 0.717) is 16.5 Å². The number of hydrogen-bond acceptors (Lipinski definition) is 5. The summed E-state index contributed by atoms with van der Waals surface area (Å²) in [4.78, 5) is 23.1. The van der Waals surface area contributed by atoms with Gasteiger partial charge in [-0.15, -0.1) is 3.89 Å². The van der Waals surface area contributed by atoms with Crippen LogP contribution in [0.2, 0.25) is 0 Å². The molecule has 0 aliphatic heterocycles. The first-order chi connectivity index (χ1) is 12.7. The van der Waals surface area contributed by atoms with Crippen LogP contribution in [-0.2, 0) is 10.2 Å². The number of carbonyl (C=O) groups is 2. The van der Waals surface area contributed by atoms with Gasteiger partial charge in [-0.25, -0.2) is 0 Å². The predicted molar refractivity (Wildman–Crippen MR) is 98.5 cm³/mol. The number of aromatic hydroxyl groups is 1. The largest absolute Gasteiger partial charge is 0.506 e. The molecule has 0 aromatic heterocycles. The Kier molecular flexibility index (Phi) is 4.86. The maximum Gasteiger partial charge on any atom is 0.332 e. The summed E-state index contributed by atoms with van der Waals surface area (Å²) in [5.74, 6) is -1.00. The molecule has 3 aromatic carbocycles. The second kappa shape index (κ2) is 6.98. The number of nitrogens with one attached hydrogen (secondary N) is 1. The Bertz CT molecular complexity index is 1190. The molecular formula is C18H11ClFNO5S. The Morgan fingerprint density at radius 2 is 1.70 bits per heavy atom. The van der Waals surface area contributed by atoms with Crippen molar-refractivity contribution in [3.8, 4) is 5.75 Å². The first kappa shape index (κ1) is 18.8. The normalized spacial score (nSPS) is 11.3. The number of hydrogen-bond donors (Lipinski definition) is 2. The molecule has 0 fully saturated rings. The van der Waals surface area contributed by atoms with Gasteiger partial charge in [0.15, 0.2) is 0 Å². The summed E-state index contributed by atoms with van der Waals surface area (Å²) in [5, 5.41) is 12.7. The number of amides is 1. The highest BCUT2D eigenvalue weighted by molar-refractivity contribution is 7.86. The molecule has 3 rings (SSSR count). The Labute approximate surface area is 158 Å². The first-order valence-electron chi connectivity index (χ1n) is 7.49. The number of anilines is 1. The predicted octanol–water partition coefficient (Wildman–Crippen LogP) is 3.83. The third kappa shape index (κ3) is 3.76. The lowest BCUT2D eigenvalue weighted by molar-refractivity contribution is 0.102. The van der Waals surface area contributed by atoms with Crippen molar-refractivity contribution in [1.82, 2.24) is 0 Å². The lowest BCUT2D eigenvalue weighted by atomic mass is 10.0. The Morgan fingerprint density at radius 1 is 1.00 bits per heavy atom. The fourth-order valence-corrected chi connectivity index (χ4v) is 3.25. The third-order valence-corrected chi connectivity index (χ3v) is 4.89. The van der Waals surface area contributed by atoms with Crippen LogP contribution in [0.5, 0.6) is 5.75 Å². The van der Waals surface area contributed by atoms with Crippen LogP contribution in [0.4, 0.5) is 9.57 Å². The summed E-state index contributed by atoms with van der Waals surface area (Å²) in [6.45, 7) is 0. The summed E-state index contributed by atoms with van der Waals surface area (Å²) in [6.07, 6.45) is 0. The topological polar surface area (TPSA) is 101 Å². The van der Waals surface area contributed by atoms with E-state index < -0.39 is 26.3 Å². The van der Waals surface area contributed by atoms with E-state index >= 15 is 0 Å². The van der Waals surface area contributed by atoms with Crippen LogP contribution >= 0.6 is 11.6 Å². The number of halogens is 2. The van der Waals surface area contributed by atoms with Crippen LogP contribution in [-0.4, -0.2) is 24.7 Å². The zero-order chi connectivity index (χ0) is 19.8. The van der Waals surface area contributed by atoms with Crippen molar-refractivity contribution in [2.45, 2.75) is 4.90 Å². The Balaban J connectivity index is 2.01. The number of rotatable bonds is 4. The molecule has 0 atom stereocenters. The monoisotopic (exact) mass is 407 g/mol. The van der Waals surface area contributed by atoms with Crippen LogP contribution in [0, 0.1) is 0 Å². The van der Waals surface area contributed by atoms with Crippen molar-refractivity contribution in [2.24, 2.45) is 0 Å². The van der Waals surface area contributed by atoms with Crippen LogP contribution < -0.4 is 5.32 Å². The molecule has 6 nitrogen and oxygen atoms in total. The van der Waals surface area contributed by atoms with Crippen molar-refractivity contribution in [1.29, 1.82) is 0 Å². The molecule has 0 spiro atoms. The minimum atomic E-state index is -4.94. The van der Waals surface area contributed by atoms with Crippen LogP contribution in [0.25, 0.3) is 10.8 Å². The van der Waals surface area contributed by atoms with E-state index in [1.54, 1.807) is 18.2 Å². The quantitative estimate of drug-likeness (QED) is 0.640. The van der Waals surface area contributed by atoms with E-state index in [2.05, 4.69) is 5.32 Å². The molecule has 0 radical (unpaired) electrons. The summed E-state index contributed by atoms with van der Waals surface area (Å²) >= 11 is 5.42. The average Bonchev–Trinajstić information content (AvgIpc) is 2.61. The van der Waals surface area contributed by atoms with Gasteiger partial charge in [0.05, 0.1) is 10.5 Å². The second-order valence-electron chi connectivity index (χ2n) is 5.56. The molecule has 0 saturated carbocycles. The van der Waals surface area contributed by atoms with Crippen LogP contribution in [0.3, 0.4) is 0 Å². The molecule has 0 unspecified atom stereocenters. The van der Waals surface area contributed by atoms with Gasteiger partial charge in [-0.1, -0.05) is 24.3 Å². The van der Waals surface area contributed by atoms with E-state index in [1.807, 2.05) is 0 Å². The smallest absolute Gasteiger partial charge is 0.332 e. The summed E-state index contributed by atoms with van der Waals surface area (Å²) in [5.41, 5.74) is 0.158. The molecule has 1 amide bonds. The fourth-order valence-electron chi connectivity index (χ4n) is 2.59. The van der Waals surface area contributed by atoms with Crippen molar-refractivity contribution < 1.29 is 27.0 Å². The molecule has 9 heteroatoms. The van der Waals surface area contributed by atoms with Gasteiger partial charge >= 0.3 is 10.2 Å². The molecule has 0 heterocycles. The van der Waals surface area contributed by atoms with Crippen molar-refractivity contribution in [2.75, 3.05) is 5.32 Å². The highest BCUT2D eigenvalue weighted by Crippen LogP contribution is 2.34. The van der Waals surface area contributed by atoms with Crippen molar-refractivity contribution in [3.05, 3.63) is 65.7 Å². The molecule has 2 N–H and O–H groups in total. The minimum absolute atomic E-state index is 0.0671. The molecule has 0 aliphatic carbocycles. The van der Waals surface area contributed by atoms with Gasteiger partial charge in [-0.05, 0) is 41.9 Å². The highest BCUT2D eigenvalue weighted by Gasteiger charge is 2.17. The molecule has 0 saturated heterocycles. The number of phenolic OH excluding ortho intramolecular Hbond substituents is 1. The third-order valence-electron chi connectivity index (χ3n) is 3.87. The molecule has 0 bridgehead atoms. The zero-order valence-electron chi connectivity index (χ0n) is 13.4. The molecule has 27 heavy (non-hydrogen) atoms. The van der Waals surface area contributed by atoms with Crippen LogP contribution in [0.1, 0.15) is 20.7 Å². The van der Waals surface area contributed by atoms with E-state index in [-0.39, 0.29) is 16.9 Å². The highest BCUT2D eigenvalue weighted by atomic mass is 35.5. The van der Waals surface area contributed by atoms with Gasteiger partial charge in [-0.3, -0.25) is 9.59 Å². The number of carbonyl (C=O) groups excluding carboxylic acids is 2. The molecular weight excluding hydrogens is 397 g/mol. The zero-order valence-corrected chi connectivity index (χ0v) is 15.0. The van der Waals surface area contributed by atoms with Gasteiger partial charge in [0, 0.05) is 22.0 Å². The standard InChI is InChI=1S/C18H11ClFNO5S/c19-17(23)14-8-7-12-13(16(14)22)5-2-6-15(12)21-18(24)10-3-1-4-11(9-10)27(20,25)26/h1-9,22H,(H,21,24). The minimum Gasteiger partial charge on any atom is -0.506 e. The summed E-state index contributed by atoms with van der Waals surface area (Å²) in [6, 6.07) is 12.0. The van der Waals surface area contributed by atoms with Gasteiger partial charge in [0.25, 0.3) is 11.1 Å². The van der Waals surface area contributed by atoms with E-state index in [0.717, 1.165) is 12.1 Å². The SMILES string of the molecule is O=C(Nc1cccc2c(O)c(C(=O)Cl)ccc12)c1cccc(S(=O)(=O)F)c1. The van der Waals surface area contributed by atoms with Crippen molar-refractivity contribution in [3.63, 3.8) is 0 Å². The summed E-state index contributed by atoms with van der Waals surface area (Å²) < 4.78 is 35.1. The van der Waals surface area contributed by atoms with E-state index in [4.69, 9.17) is 11.6 Å². The lowest BCUT2D eigenvalue weighted by Gasteiger charge is -2.11. The maximum absolute atomic E-state index is 13.1. The Morgan fingerprint density at radius 3 is 2.37 bits per heavy atom. The lowest BCUT2D eigenvalue weighted by Crippen LogP contribution is -2.12. The Hall–Kier alpha value is -2.97. The number of phenols is 1. The molecule has 3 aromatic rings. The second-order valence-corrected chi connectivity index (χ2v) is 7.25. The van der Waals surface area contributed by atoms with Crippen molar-refractivity contribution >= 4 is 49.4 Å².